The predicted octanol–water partition coefficient (Wildman–Crippen LogP) is 3.50. The minimum Gasteiger partial charge on any atom is -0.373 e. The summed E-state index contributed by atoms with van der Waals surface area (Å²) in [6.07, 6.45) is 11.6. The molecule has 0 aromatic rings. The van der Waals surface area contributed by atoms with E-state index in [2.05, 4.69) is 19.2 Å². The number of nitrogens with one attached hydrogen (secondary N) is 1. The van der Waals surface area contributed by atoms with Crippen LogP contribution in [-0.4, -0.2) is 24.8 Å². The molecule has 2 aliphatic carbocycles. The molecule has 0 spiro atoms. The second kappa shape index (κ2) is 6.75. The lowest BCUT2D eigenvalue weighted by Crippen LogP contribution is -2.41. The predicted molar refractivity (Wildman–Crippen MR) is 72.2 cm³/mol. The molecule has 2 saturated carbocycles. The van der Waals surface area contributed by atoms with Gasteiger partial charge >= 0.3 is 0 Å². The van der Waals surface area contributed by atoms with Crippen molar-refractivity contribution in [1.29, 1.82) is 0 Å². The summed E-state index contributed by atoms with van der Waals surface area (Å²) in [6.45, 7) is 5.75. The van der Waals surface area contributed by atoms with Crippen LogP contribution < -0.4 is 5.32 Å². The van der Waals surface area contributed by atoms with Gasteiger partial charge in [0.25, 0.3) is 0 Å². The summed E-state index contributed by atoms with van der Waals surface area (Å²) in [6, 6.07) is 0.629. The summed E-state index contributed by atoms with van der Waals surface area (Å²) in [4.78, 5) is 0. The summed E-state index contributed by atoms with van der Waals surface area (Å²) in [7, 11) is 0. The number of hydrogen-bond acceptors (Lipinski definition) is 2. The van der Waals surface area contributed by atoms with Crippen molar-refractivity contribution in [3.05, 3.63) is 0 Å². The summed E-state index contributed by atoms with van der Waals surface area (Å²) in [5.41, 5.74) is 0. The van der Waals surface area contributed by atoms with E-state index >= 15 is 0 Å². The van der Waals surface area contributed by atoms with E-state index in [9.17, 15) is 0 Å². The molecule has 2 fully saturated rings. The van der Waals surface area contributed by atoms with Gasteiger partial charge < -0.3 is 10.1 Å². The summed E-state index contributed by atoms with van der Waals surface area (Å²) in [5, 5.41) is 3.66. The van der Waals surface area contributed by atoms with Crippen molar-refractivity contribution in [2.24, 2.45) is 5.92 Å². The van der Waals surface area contributed by atoms with E-state index in [-0.39, 0.29) is 0 Å². The third-order valence-electron chi connectivity index (χ3n) is 4.49. The van der Waals surface area contributed by atoms with Crippen molar-refractivity contribution in [3.63, 3.8) is 0 Å². The second-order valence-corrected chi connectivity index (χ2v) is 5.97. The van der Waals surface area contributed by atoms with Crippen LogP contribution in [0.15, 0.2) is 0 Å². The lowest BCUT2D eigenvalue weighted by molar-refractivity contribution is -0.0618. The van der Waals surface area contributed by atoms with Crippen molar-refractivity contribution < 1.29 is 4.74 Å². The molecule has 0 radical (unpaired) electrons. The standard InChI is InChI=1S/C15H29NO/c1-3-11-16-13-8-6-10-15(13)17-14-9-5-4-7-12(14)2/h12-16H,3-11H2,1-2H3. The summed E-state index contributed by atoms with van der Waals surface area (Å²) in [5.74, 6) is 0.774. The first-order valence-electron chi connectivity index (χ1n) is 7.70. The van der Waals surface area contributed by atoms with Gasteiger partial charge in [-0.15, -0.1) is 0 Å². The zero-order valence-corrected chi connectivity index (χ0v) is 11.6. The maximum atomic E-state index is 6.41. The van der Waals surface area contributed by atoms with Crippen molar-refractivity contribution in [3.8, 4) is 0 Å². The highest BCUT2D eigenvalue weighted by Crippen LogP contribution is 2.31. The Kier molecular flexibility index (Phi) is 5.30. The quantitative estimate of drug-likeness (QED) is 0.793. The van der Waals surface area contributed by atoms with Crippen LogP contribution in [0.2, 0.25) is 0 Å². The van der Waals surface area contributed by atoms with Crippen LogP contribution >= 0.6 is 0 Å². The van der Waals surface area contributed by atoms with Crippen molar-refractivity contribution in [1.82, 2.24) is 5.32 Å². The average Bonchev–Trinajstić information content (AvgIpc) is 2.77. The molecule has 17 heavy (non-hydrogen) atoms. The van der Waals surface area contributed by atoms with Crippen LogP contribution in [0.4, 0.5) is 0 Å². The Morgan fingerprint density at radius 2 is 1.76 bits per heavy atom. The summed E-state index contributed by atoms with van der Waals surface area (Å²) >= 11 is 0. The highest BCUT2D eigenvalue weighted by atomic mass is 16.5. The van der Waals surface area contributed by atoms with Crippen LogP contribution in [0.3, 0.4) is 0 Å². The monoisotopic (exact) mass is 239 g/mol. The van der Waals surface area contributed by atoms with Crippen LogP contribution in [0.1, 0.15) is 65.2 Å². The Bertz CT molecular complexity index is 219. The SMILES string of the molecule is CCCNC1CCCC1OC1CCCCC1C. The highest BCUT2D eigenvalue weighted by Gasteiger charge is 2.32. The third kappa shape index (κ3) is 3.69. The van der Waals surface area contributed by atoms with Crippen molar-refractivity contribution in [2.75, 3.05) is 6.54 Å². The Labute approximate surface area is 107 Å². The molecule has 4 atom stereocenters. The topological polar surface area (TPSA) is 21.3 Å². The first kappa shape index (κ1) is 13.4. The smallest absolute Gasteiger partial charge is 0.0731 e. The molecule has 0 saturated heterocycles. The fraction of sp³-hybridized carbons (Fsp3) is 1.00. The minimum absolute atomic E-state index is 0.493. The molecule has 1 N–H and O–H groups in total. The molecule has 0 heterocycles. The molecule has 100 valence electrons. The van der Waals surface area contributed by atoms with E-state index in [0.29, 0.717) is 18.2 Å². The molecular formula is C15H29NO. The van der Waals surface area contributed by atoms with Gasteiger partial charge in [0, 0.05) is 6.04 Å². The lowest BCUT2D eigenvalue weighted by atomic mass is 9.88. The van der Waals surface area contributed by atoms with E-state index in [0.717, 1.165) is 12.5 Å². The fourth-order valence-corrected chi connectivity index (χ4v) is 3.36. The van der Waals surface area contributed by atoms with Gasteiger partial charge in [-0.25, -0.2) is 0 Å². The van der Waals surface area contributed by atoms with Crippen molar-refractivity contribution >= 4 is 0 Å². The second-order valence-electron chi connectivity index (χ2n) is 5.97. The van der Waals surface area contributed by atoms with Crippen LogP contribution in [0.25, 0.3) is 0 Å². The van der Waals surface area contributed by atoms with Gasteiger partial charge in [-0.05, 0) is 51.0 Å². The Balaban J connectivity index is 1.79. The molecule has 2 nitrogen and oxygen atoms in total. The van der Waals surface area contributed by atoms with Gasteiger partial charge in [0.15, 0.2) is 0 Å². The van der Waals surface area contributed by atoms with Gasteiger partial charge in [0.05, 0.1) is 12.2 Å². The maximum Gasteiger partial charge on any atom is 0.0731 e. The minimum atomic E-state index is 0.493. The highest BCUT2D eigenvalue weighted by molar-refractivity contribution is 4.86. The largest absolute Gasteiger partial charge is 0.373 e. The van der Waals surface area contributed by atoms with Gasteiger partial charge in [-0.2, -0.15) is 0 Å². The normalized spacial score (nSPS) is 38.5. The first-order chi connectivity index (χ1) is 8.31. The Hall–Kier alpha value is -0.0800. The first-order valence-corrected chi connectivity index (χ1v) is 7.70. The van der Waals surface area contributed by atoms with E-state index in [1.165, 1.54) is 51.4 Å². The molecule has 2 aliphatic rings. The van der Waals surface area contributed by atoms with Crippen LogP contribution in [-0.2, 0) is 4.74 Å². The zero-order chi connectivity index (χ0) is 12.1. The average molecular weight is 239 g/mol. The van der Waals surface area contributed by atoms with Gasteiger partial charge in [0.1, 0.15) is 0 Å². The maximum absolute atomic E-state index is 6.41. The van der Waals surface area contributed by atoms with E-state index < -0.39 is 0 Å². The van der Waals surface area contributed by atoms with E-state index in [1.807, 2.05) is 0 Å². The van der Waals surface area contributed by atoms with Gasteiger partial charge in [0.2, 0.25) is 0 Å². The number of rotatable bonds is 5. The molecule has 0 amide bonds. The molecule has 4 unspecified atom stereocenters. The summed E-state index contributed by atoms with van der Waals surface area (Å²) < 4.78 is 6.41. The molecule has 0 aromatic heterocycles. The lowest BCUT2D eigenvalue weighted by Gasteiger charge is -2.33. The van der Waals surface area contributed by atoms with Gasteiger partial charge in [-0.3, -0.25) is 0 Å². The van der Waals surface area contributed by atoms with Crippen LogP contribution in [0.5, 0.6) is 0 Å². The van der Waals surface area contributed by atoms with Crippen molar-refractivity contribution in [2.45, 2.75) is 83.5 Å². The molecule has 0 aromatic carbocycles. The van der Waals surface area contributed by atoms with E-state index in [1.54, 1.807) is 0 Å². The molecule has 2 heteroatoms. The fourth-order valence-electron chi connectivity index (χ4n) is 3.36. The van der Waals surface area contributed by atoms with Gasteiger partial charge in [-0.1, -0.05) is 26.7 Å². The number of hydrogen-bond donors (Lipinski definition) is 1. The zero-order valence-electron chi connectivity index (χ0n) is 11.6. The van der Waals surface area contributed by atoms with Crippen LogP contribution in [0, 0.1) is 5.92 Å². The molecule has 2 rings (SSSR count). The molecule has 0 aliphatic heterocycles. The Morgan fingerprint density at radius 3 is 2.53 bits per heavy atom. The van der Waals surface area contributed by atoms with E-state index in [4.69, 9.17) is 4.74 Å². The molecular weight excluding hydrogens is 210 g/mol. The number of ether oxygens (including phenoxy) is 1. The molecule has 0 bridgehead atoms. The Morgan fingerprint density at radius 1 is 1.00 bits per heavy atom. The third-order valence-corrected chi connectivity index (χ3v) is 4.49.